The number of ether oxygens (including phenoxy) is 1. The normalized spacial score (nSPS) is 16.1. The molecule has 29 heavy (non-hydrogen) atoms. The Morgan fingerprint density at radius 1 is 0.931 bits per heavy atom. The minimum atomic E-state index is -0.479. The molecule has 1 amide bonds. The summed E-state index contributed by atoms with van der Waals surface area (Å²) in [4.78, 5) is 27.1. The van der Waals surface area contributed by atoms with Gasteiger partial charge in [-0.05, 0) is 48.7 Å². The van der Waals surface area contributed by atoms with Crippen molar-refractivity contribution in [2.45, 2.75) is 20.3 Å². The number of esters is 1. The number of amides is 1. The van der Waals surface area contributed by atoms with Gasteiger partial charge in [-0.25, -0.2) is 0 Å². The van der Waals surface area contributed by atoms with E-state index in [0.29, 0.717) is 12.3 Å². The van der Waals surface area contributed by atoms with Crippen molar-refractivity contribution in [3.05, 3.63) is 83.9 Å². The van der Waals surface area contributed by atoms with Gasteiger partial charge in [0.15, 0.2) is 0 Å². The molecule has 3 aromatic rings. The molecule has 1 saturated heterocycles. The third-order valence-corrected chi connectivity index (χ3v) is 5.44. The van der Waals surface area contributed by atoms with E-state index in [1.807, 2.05) is 80.6 Å². The molecule has 4 rings (SSSR count). The second-order valence-electron chi connectivity index (χ2n) is 7.46. The van der Waals surface area contributed by atoms with E-state index in [1.165, 1.54) is 5.56 Å². The summed E-state index contributed by atoms with van der Waals surface area (Å²) in [5.41, 5.74) is 4.97. The number of hydrogen-bond donors (Lipinski definition) is 0. The van der Waals surface area contributed by atoms with Crippen LogP contribution in [0.25, 0.3) is 11.1 Å². The van der Waals surface area contributed by atoms with Gasteiger partial charge in [0.2, 0.25) is 5.91 Å². The lowest BCUT2D eigenvalue weighted by atomic mass is 10.0. The van der Waals surface area contributed by atoms with Crippen LogP contribution in [-0.4, -0.2) is 18.4 Å². The summed E-state index contributed by atoms with van der Waals surface area (Å²) < 4.78 is 5.74. The molecule has 0 N–H and O–H groups in total. The fourth-order valence-electron chi connectivity index (χ4n) is 3.61. The highest BCUT2D eigenvalue weighted by molar-refractivity contribution is 6.00. The van der Waals surface area contributed by atoms with Gasteiger partial charge in [0, 0.05) is 24.2 Å². The summed E-state index contributed by atoms with van der Waals surface area (Å²) in [7, 11) is 0. The minimum absolute atomic E-state index is 0.0495. The van der Waals surface area contributed by atoms with Gasteiger partial charge in [0.1, 0.15) is 5.75 Å². The Kier molecular flexibility index (Phi) is 5.17. The molecule has 3 aromatic carbocycles. The number of rotatable bonds is 4. The molecule has 1 atom stereocenters. The lowest BCUT2D eigenvalue weighted by molar-refractivity contribution is -0.139. The van der Waals surface area contributed by atoms with Crippen molar-refractivity contribution < 1.29 is 14.3 Å². The second-order valence-corrected chi connectivity index (χ2v) is 7.46. The number of hydrogen-bond acceptors (Lipinski definition) is 3. The van der Waals surface area contributed by atoms with Crippen LogP contribution in [0, 0.1) is 19.8 Å². The SMILES string of the molecule is Cc1ccc(N2C[C@H](C(=O)Oc3ccccc3-c3ccccc3)CC2=O)cc1C. The lowest BCUT2D eigenvalue weighted by Gasteiger charge is -2.18. The van der Waals surface area contributed by atoms with Gasteiger partial charge in [0.05, 0.1) is 5.92 Å². The van der Waals surface area contributed by atoms with Gasteiger partial charge in [-0.1, -0.05) is 54.6 Å². The molecule has 1 aliphatic heterocycles. The monoisotopic (exact) mass is 385 g/mol. The average molecular weight is 385 g/mol. The first-order chi connectivity index (χ1) is 14.0. The molecular formula is C25H23NO3. The predicted octanol–water partition coefficient (Wildman–Crippen LogP) is 4.93. The van der Waals surface area contributed by atoms with Crippen LogP contribution < -0.4 is 9.64 Å². The number of benzene rings is 3. The molecule has 4 nitrogen and oxygen atoms in total. The lowest BCUT2D eigenvalue weighted by Crippen LogP contribution is -2.27. The van der Waals surface area contributed by atoms with Crippen LogP contribution in [0.2, 0.25) is 0 Å². The molecule has 1 aliphatic rings. The molecule has 0 radical (unpaired) electrons. The maximum absolute atomic E-state index is 12.8. The van der Waals surface area contributed by atoms with Gasteiger partial charge < -0.3 is 9.64 Å². The summed E-state index contributed by atoms with van der Waals surface area (Å²) >= 11 is 0. The van der Waals surface area contributed by atoms with Crippen LogP contribution in [-0.2, 0) is 9.59 Å². The van der Waals surface area contributed by atoms with E-state index in [0.717, 1.165) is 22.4 Å². The van der Waals surface area contributed by atoms with E-state index in [4.69, 9.17) is 4.74 Å². The second kappa shape index (κ2) is 7.92. The van der Waals surface area contributed by atoms with Crippen molar-refractivity contribution in [2.75, 3.05) is 11.4 Å². The van der Waals surface area contributed by atoms with E-state index in [2.05, 4.69) is 0 Å². The average Bonchev–Trinajstić information content (AvgIpc) is 3.13. The van der Waals surface area contributed by atoms with E-state index in [1.54, 1.807) is 11.0 Å². The number of nitrogens with zero attached hydrogens (tertiary/aromatic N) is 1. The Labute approximate surface area is 170 Å². The fraction of sp³-hybridized carbons (Fsp3) is 0.200. The standard InChI is InChI=1S/C25H23NO3/c1-17-12-13-21(14-18(17)2)26-16-20(15-24(26)27)25(28)29-23-11-7-6-10-22(23)19-8-4-3-5-9-19/h3-14,20H,15-16H2,1-2H3/t20-/m1/s1. The molecule has 4 heteroatoms. The predicted molar refractivity (Wildman–Crippen MR) is 114 cm³/mol. The van der Waals surface area contributed by atoms with Crippen LogP contribution in [0.4, 0.5) is 5.69 Å². The molecule has 0 aliphatic carbocycles. The van der Waals surface area contributed by atoms with Crippen molar-refractivity contribution in [1.82, 2.24) is 0 Å². The van der Waals surface area contributed by atoms with Gasteiger partial charge >= 0.3 is 5.97 Å². The largest absolute Gasteiger partial charge is 0.426 e. The third-order valence-electron chi connectivity index (χ3n) is 5.44. The first kappa shape index (κ1) is 18.9. The Morgan fingerprint density at radius 2 is 1.66 bits per heavy atom. The Balaban J connectivity index is 1.52. The quantitative estimate of drug-likeness (QED) is 0.473. The van der Waals surface area contributed by atoms with E-state index in [-0.39, 0.29) is 18.3 Å². The van der Waals surface area contributed by atoms with Crippen LogP contribution in [0.15, 0.2) is 72.8 Å². The highest BCUT2D eigenvalue weighted by Gasteiger charge is 2.36. The van der Waals surface area contributed by atoms with Gasteiger partial charge in [0.25, 0.3) is 0 Å². The number of aryl methyl sites for hydroxylation is 2. The van der Waals surface area contributed by atoms with E-state index < -0.39 is 5.92 Å². The highest BCUT2D eigenvalue weighted by Crippen LogP contribution is 2.32. The Morgan fingerprint density at radius 3 is 2.41 bits per heavy atom. The van der Waals surface area contributed by atoms with Crippen LogP contribution >= 0.6 is 0 Å². The third kappa shape index (κ3) is 3.92. The molecule has 0 bridgehead atoms. The van der Waals surface area contributed by atoms with Crippen LogP contribution in [0.1, 0.15) is 17.5 Å². The topological polar surface area (TPSA) is 46.6 Å². The first-order valence-electron chi connectivity index (χ1n) is 9.76. The zero-order valence-corrected chi connectivity index (χ0v) is 16.6. The van der Waals surface area contributed by atoms with E-state index in [9.17, 15) is 9.59 Å². The smallest absolute Gasteiger partial charge is 0.316 e. The van der Waals surface area contributed by atoms with Gasteiger partial charge in [-0.3, -0.25) is 9.59 Å². The Hall–Kier alpha value is -3.40. The van der Waals surface area contributed by atoms with Crippen molar-refractivity contribution in [3.63, 3.8) is 0 Å². The van der Waals surface area contributed by atoms with Crippen molar-refractivity contribution in [2.24, 2.45) is 5.92 Å². The maximum atomic E-state index is 12.8. The zero-order chi connectivity index (χ0) is 20.4. The summed E-state index contributed by atoms with van der Waals surface area (Å²) in [6.45, 7) is 4.40. The van der Waals surface area contributed by atoms with Crippen LogP contribution in [0.3, 0.4) is 0 Å². The van der Waals surface area contributed by atoms with Crippen molar-refractivity contribution >= 4 is 17.6 Å². The van der Waals surface area contributed by atoms with Crippen LogP contribution in [0.5, 0.6) is 5.75 Å². The number of anilines is 1. The number of carbonyl (C=O) groups is 2. The summed E-state index contributed by atoms with van der Waals surface area (Å²) in [6, 6.07) is 23.2. The maximum Gasteiger partial charge on any atom is 0.316 e. The molecule has 0 spiro atoms. The highest BCUT2D eigenvalue weighted by atomic mass is 16.5. The molecule has 1 heterocycles. The Bertz CT molecular complexity index is 1060. The number of para-hydroxylation sites is 1. The minimum Gasteiger partial charge on any atom is -0.426 e. The zero-order valence-electron chi connectivity index (χ0n) is 16.6. The molecule has 0 aromatic heterocycles. The summed E-state index contributed by atoms with van der Waals surface area (Å²) in [6.07, 6.45) is 0.166. The molecule has 0 unspecified atom stereocenters. The van der Waals surface area contributed by atoms with E-state index >= 15 is 0 Å². The first-order valence-corrected chi connectivity index (χ1v) is 9.76. The number of carbonyl (C=O) groups excluding carboxylic acids is 2. The van der Waals surface area contributed by atoms with Gasteiger partial charge in [-0.2, -0.15) is 0 Å². The molecule has 0 saturated carbocycles. The van der Waals surface area contributed by atoms with Gasteiger partial charge in [-0.15, -0.1) is 0 Å². The summed E-state index contributed by atoms with van der Waals surface area (Å²) in [5.74, 6) is -0.381. The molecular weight excluding hydrogens is 362 g/mol. The fourth-order valence-corrected chi connectivity index (χ4v) is 3.61. The van der Waals surface area contributed by atoms with Crippen molar-refractivity contribution in [3.8, 4) is 16.9 Å². The summed E-state index contributed by atoms with van der Waals surface area (Å²) in [5, 5.41) is 0. The molecule has 146 valence electrons. The van der Waals surface area contributed by atoms with Crippen molar-refractivity contribution in [1.29, 1.82) is 0 Å². The molecule has 1 fully saturated rings.